The van der Waals surface area contributed by atoms with Gasteiger partial charge in [-0.25, -0.2) is 4.98 Å². The lowest BCUT2D eigenvalue weighted by molar-refractivity contribution is -0.116. The third-order valence-corrected chi connectivity index (χ3v) is 6.15. The number of aromatic hydroxyl groups is 1. The number of fused-ring (bicyclic) bond motifs is 1. The zero-order chi connectivity index (χ0) is 21.3. The number of rotatable bonds is 5. The van der Waals surface area contributed by atoms with Gasteiger partial charge in [-0.3, -0.25) is 9.59 Å². The summed E-state index contributed by atoms with van der Waals surface area (Å²) in [6, 6.07) is 12.3. The third-order valence-electron chi connectivity index (χ3n) is 4.86. The van der Waals surface area contributed by atoms with Crippen LogP contribution in [-0.4, -0.2) is 28.1 Å². The fraction of sp³-hybridized carbons (Fsp3) is 0.190. The molecular weight excluding hydrogens is 426 g/mol. The first-order valence-electron chi connectivity index (χ1n) is 9.13. The zero-order valence-corrected chi connectivity index (χ0v) is 17.5. The van der Waals surface area contributed by atoms with Gasteiger partial charge in [0.2, 0.25) is 5.91 Å². The summed E-state index contributed by atoms with van der Waals surface area (Å²) in [5.41, 5.74) is 1.58. The van der Waals surface area contributed by atoms with Crippen molar-refractivity contribution in [3.05, 3.63) is 74.5 Å². The van der Waals surface area contributed by atoms with Crippen molar-refractivity contribution in [3.63, 3.8) is 0 Å². The summed E-state index contributed by atoms with van der Waals surface area (Å²) in [5.74, 6) is 0.242. The second-order valence-electron chi connectivity index (χ2n) is 6.75. The summed E-state index contributed by atoms with van der Waals surface area (Å²) >= 11 is 7.51. The maximum absolute atomic E-state index is 12.9. The third kappa shape index (κ3) is 4.01. The molecule has 1 amide bonds. The lowest BCUT2D eigenvalue weighted by atomic mass is 9.86. The van der Waals surface area contributed by atoms with E-state index in [9.17, 15) is 14.7 Å². The lowest BCUT2D eigenvalue weighted by Gasteiger charge is -2.24. The number of phenols is 1. The molecule has 0 aliphatic carbocycles. The van der Waals surface area contributed by atoms with E-state index in [-0.39, 0.29) is 29.5 Å². The van der Waals surface area contributed by atoms with Crippen molar-refractivity contribution >= 4 is 35.1 Å². The normalized spacial score (nSPS) is 15.4. The predicted octanol–water partition coefficient (Wildman–Crippen LogP) is 3.90. The minimum Gasteiger partial charge on any atom is -0.504 e. The molecule has 30 heavy (non-hydrogen) atoms. The number of thioether (sulfide) groups is 1. The van der Waals surface area contributed by atoms with E-state index in [0.717, 1.165) is 5.56 Å². The van der Waals surface area contributed by atoms with Gasteiger partial charge in [-0.1, -0.05) is 47.6 Å². The highest BCUT2D eigenvalue weighted by Crippen LogP contribution is 2.38. The average Bonchev–Trinajstić information content (AvgIpc) is 2.72. The second kappa shape index (κ2) is 8.41. The van der Waals surface area contributed by atoms with Crippen molar-refractivity contribution in [2.24, 2.45) is 0 Å². The van der Waals surface area contributed by atoms with Crippen LogP contribution in [0.1, 0.15) is 29.0 Å². The number of anilines is 1. The number of amides is 1. The minimum atomic E-state index is -0.524. The number of aromatic nitrogens is 2. The summed E-state index contributed by atoms with van der Waals surface area (Å²) < 4.78 is 5.07. The fourth-order valence-electron chi connectivity index (χ4n) is 3.39. The Balaban J connectivity index is 1.67. The molecule has 3 N–H and O–H groups in total. The molecule has 0 radical (unpaired) electrons. The molecule has 4 rings (SSSR count). The molecule has 0 fully saturated rings. The monoisotopic (exact) mass is 443 g/mol. The first-order valence-corrected chi connectivity index (χ1v) is 10.5. The SMILES string of the molecule is COc1ccc([C@@H]2CC(=O)Nc3nc(SCc4ccccc4Cl)[nH]c(=O)c32)cc1O. The topological polar surface area (TPSA) is 104 Å². The summed E-state index contributed by atoms with van der Waals surface area (Å²) in [5, 5.41) is 13.8. The van der Waals surface area contributed by atoms with Gasteiger partial charge in [-0.2, -0.15) is 0 Å². The molecule has 2 heterocycles. The number of ether oxygens (including phenoxy) is 1. The Morgan fingerprint density at radius 2 is 2.07 bits per heavy atom. The molecule has 0 spiro atoms. The standard InChI is InChI=1S/C21H18ClN3O4S/c1-29-16-7-6-11(8-15(16)26)13-9-17(27)23-19-18(13)20(28)25-21(24-19)30-10-12-4-2-3-5-14(12)22/h2-8,13,26H,9-10H2,1H3,(H2,23,24,25,27,28)/t13-/m0/s1. The Hall–Kier alpha value is -2.97. The maximum atomic E-state index is 12.9. The summed E-state index contributed by atoms with van der Waals surface area (Å²) in [6.07, 6.45) is 0.0790. The Bertz CT molecular complexity index is 1180. The van der Waals surface area contributed by atoms with Gasteiger partial charge >= 0.3 is 0 Å². The minimum absolute atomic E-state index is 0.0566. The molecule has 1 aliphatic heterocycles. The largest absolute Gasteiger partial charge is 0.504 e. The molecular formula is C21H18ClN3O4S. The van der Waals surface area contributed by atoms with Gasteiger partial charge in [0.05, 0.1) is 12.7 Å². The van der Waals surface area contributed by atoms with E-state index < -0.39 is 5.92 Å². The quantitative estimate of drug-likeness (QED) is 0.408. The van der Waals surface area contributed by atoms with Gasteiger partial charge in [0.15, 0.2) is 16.7 Å². The summed E-state index contributed by atoms with van der Waals surface area (Å²) in [4.78, 5) is 32.4. The fourth-order valence-corrected chi connectivity index (χ4v) is 4.54. The van der Waals surface area contributed by atoms with Crippen molar-refractivity contribution in [2.45, 2.75) is 23.2 Å². The molecule has 0 saturated carbocycles. The molecule has 1 aliphatic rings. The van der Waals surface area contributed by atoms with Crippen molar-refractivity contribution in [2.75, 3.05) is 12.4 Å². The maximum Gasteiger partial charge on any atom is 0.257 e. The van der Waals surface area contributed by atoms with Gasteiger partial charge in [-0.15, -0.1) is 0 Å². The Kier molecular flexibility index (Phi) is 5.69. The number of phenolic OH excluding ortho intramolecular Hbond substituents is 1. The molecule has 0 unspecified atom stereocenters. The Morgan fingerprint density at radius 1 is 1.27 bits per heavy atom. The number of benzene rings is 2. The van der Waals surface area contributed by atoms with Crippen LogP contribution in [0.2, 0.25) is 5.02 Å². The predicted molar refractivity (Wildman–Crippen MR) is 116 cm³/mol. The van der Waals surface area contributed by atoms with Gasteiger partial charge in [0.1, 0.15) is 5.82 Å². The number of nitrogens with one attached hydrogen (secondary N) is 2. The highest BCUT2D eigenvalue weighted by molar-refractivity contribution is 7.98. The molecule has 154 valence electrons. The Morgan fingerprint density at radius 3 is 2.80 bits per heavy atom. The van der Waals surface area contributed by atoms with Crippen LogP contribution in [-0.2, 0) is 10.5 Å². The van der Waals surface area contributed by atoms with Crippen molar-refractivity contribution < 1.29 is 14.6 Å². The van der Waals surface area contributed by atoms with Crippen LogP contribution in [0.3, 0.4) is 0 Å². The average molecular weight is 444 g/mol. The van der Waals surface area contributed by atoms with Gasteiger partial charge in [0.25, 0.3) is 5.56 Å². The molecule has 2 aromatic carbocycles. The van der Waals surface area contributed by atoms with Gasteiger partial charge in [-0.05, 0) is 29.3 Å². The number of hydrogen-bond donors (Lipinski definition) is 3. The van der Waals surface area contributed by atoms with Crippen LogP contribution in [0, 0.1) is 0 Å². The molecule has 1 atom stereocenters. The van der Waals surface area contributed by atoms with Crippen LogP contribution in [0.15, 0.2) is 52.4 Å². The van der Waals surface area contributed by atoms with E-state index >= 15 is 0 Å². The summed E-state index contributed by atoms with van der Waals surface area (Å²) in [6.45, 7) is 0. The van der Waals surface area contributed by atoms with Gasteiger partial charge in [0, 0.05) is 23.1 Å². The number of nitrogens with zero attached hydrogens (tertiary/aromatic N) is 1. The molecule has 7 nitrogen and oxygen atoms in total. The number of carbonyl (C=O) groups is 1. The molecule has 3 aromatic rings. The van der Waals surface area contributed by atoms with Gasteiger partial charge < -0.3 is 20.1 Å². The molecule has 9 heteroatoms. The van der Waals surface area contributed by atoms with Crippen LogP contribution in [0.25, 0.3) is 0 Å². The molecule has 1 aromatic heterocycles. The van der Waals surface area contributed by atoms with Crippen molar-refractivity contribution in [1.29, 1.82) is 0 Å². The molecule has 0 bridgehead atoms. The first kappa shape index (κ1) is 20.3. The Labute approximate surface area is 181 Å². The number of H-pyrrole nitrogens is 1. The second-order valence-corrected chi connectivity index (χ2v) is 8.12. The van der Waals surface area contributed by atoms with E-state index in [1.807, 2.05) is 18.2 Å². The van der Waals surface area contributed by atoms with E-state index in [1.54, 1.807) is 18.2 Å². The van der Waals surface area contributed by atoms with Crippen molar-refractivity contribution in [3.8, 4) is 11.5 Å². The van der Waals surface area contributed by atoms with Crippen LogP contribution >= 0.6 is 23.4 Å². The lowest BCUT2D eigenvalue weighted by Crippen LogP contribution is -2.31. The smallest absolute Gasteiger partial charge is 0.257 e. The van der Waals surface area contributed by atoms with E-state index in [1.165, 1.54) is 24.9 Å². The number of carbonyl (C=O) groups excluding carboxylic acids is 1. The number of methoxy groups -OCH3 is 1. The van der Waals surface area contributed by atoms with Crippen LogP contribution in [0.5, 0.6) is 11.5 Å². The highest BCUT2D eigenvalue weighted by atomic mass is 35.5. The number of hydrogen-bond acceptors (Lipinski definition) is 6. The van der Waals surface area contributed by atoms with Crippen molar-refractivity contribution in [1.82, 2.24) is 9.97 Å². The van der Waals surface area contributed by atoms with Crippen LogP contribution < -0.4 is 15.6 Å². The highest BCUT2D eigenvalue weighted by Gasteiger charge is 2.31. The zero-order valence-electron chi connectivity index (χ0n) is 15.9. The summed E-state index contributed by atoms with van der Waals surface area (Å²) in [7, 11) is 1.45. The van der Waals surface area contributed by atoms with Crippen LogP contribution in [0.4, 0.5) is 5.82 Å². The number of halogens is 1. The molecule has 0 saturated heterocycles. The van der Waals surface area contributed by atoms with E-state index in [0.29, 0.717) is 32.8 Å². The van der Waals surface area contributed by atoms with E-state index in [2.05, 4.69) is 15.3 Å². The van der Waals surface area contributed by atoms with E-state index in [4.69, 9.17) is 16.3 Å². The number of aromatic amines is 1. The first-order chi connectivity index (χ1) is 14.5.